The number of aromatic nitrogens is 1. The molecule has 1 fully saturated rings. The zero-order chi connectivity index (χ0) is 13.0. The molecule has 4 heteroatoms. The summed E-state index contributed by atoms with van der Waals surface area (Å²) in [6.45, 7) is 3.13. The molecule has 100 valence electrons. The van der Waals surface area contributed by atoms with Crippen LogP contribution in [0.4, 0.5) is 5.69 Å². The molecule has 1 aromatic heterocycles. The molecule has 1 saturated carbocycles. The van der Waals surface area contributed by atoms with Gasteiger partial charge < -0.3 is 15.8 Å². The van der Waals surface area contributed by atoms with Crippen molar-refractivity contribution in [2.45, 2.75) is 38.3 Å². The van der Waals surface area contributed by atoms with E-state index in [4.69, 9.17) is 10.5 Å². The third kappa shape index (κ3) is 3.00. The highest BCUT2D eigenvalue weighted by molar-refractivity contribution is 5.46. The molecule has 18 heavy (non-hydrogen) atoms. The number of nitrogens with one attached hydrogen (secondary N) is 1. The molecule has 3 N–H and O–H groups in total. The van der Waals surface area contributed by atoms with E-state index in [2.05, 4.69) is 17.2 Å². The fraction of sp³-hybridized carbons (Fsp3) is 0.643. The molecule has 0 saturated heterocycles. The number of nitrogen functional groups attached to an aromatic ring is 1. The molecule has 0 aliphatic heterocycles. The summed E-state index contributed by atoms with van der Waals surface area (Å²) in [6.07, 6.45) is 7.39. The van der Waals surface area contributed by atoms with Crippen molar-refractivity contribution < 1.29 is 4.74 Å². The van der Waals surface area contributed by atoms with Gasteiger partial charge in [-0.2, -0.15) is 0 Å². The molecule has 2 atom stereocenters. The van der Waals surface area contributed by atoms with E-state index in [0.29, 0.717) is 5.92 Å². The summed E-state index contributed by atoms with van der Waals surface area (Å²) in [5.74, 6) is 0.656. The predicted octanol–water partition coefficient (Wildman–Crippen LogP) is 2.13. The lowest BCUT2D eigenvalue weighted by atomic mass is 9.98. The summed E-state index contributed by atoms with van der Waals surface area (Å²) in [5, 5.41) is 3.55. The summed E-state index contributed by atoms with van der Waals surface area (Å²) in [7, 11) is 1.79. The van der Waals surface area contributed by atoms with Gasteiger partial charge in [-0.15, -0.1) is 0 Å². The van der Waals surface area contributed by atoms with Crippen LogP contribution in [0, 0.1) is 5.92 Å². The number of hydrogen-bond acceptors (Lipinski definition) is 4. The predicted molar refractivity (Wildman–Crippen MR) is 73.2 cm³/mol. The Bertz CT molecular complexity index is 379. The molecule has 2 unspecified atom stereocenters. The van der Waals surface area contributed by atoms with Gasteiger partial charge in [0.15, 0.2) is 0 Å². The molecule has 1 heterocycles. The van der Waals surface area contributed by atoms with E-state index >= 15 is 0 Å². The smallest absolute Gasteiger partial charge is 0.0795 e. The highest BCUT2D eigenvalue weighted by Crippen LogP contribution is 2.40. The Morgan fingerprint density at radius 1 is 1.56 bits per heavy atom. The van der Waals surface area contributed by atoms with Crippen LogP contribution in [0.5, 0.6) is 0 Å². The molecule has 0 spiro atoms. The second-order valence-electron chi connectivity index (χ2n) is 4.97. The van der Waals surface area contributed by atoms with Crippen molar-refractivity contribution in [2.24, 2.45) is 5.92 Å². The average molecular weight is 249 g/mol. The Hall–Kier alpha value is -1.13. The molecule has 0 bridgehead atoms. The first-order valence-electron chi connectivity index (χ1n) is 6.73. The summed E-state index contributed by atoms with van der Waals surface area (Å²) >= 11 is 0. The largest absolute Gasteiger partial charge is 0.398 e. The quantitative estimate of drug-likeness (QED) is 0.777. The normalized spacial score (nSPS) is 18.6. The van der Waals surface area contributed by atoms with Crippen molar-refractivity contribution in [3.8, 4) is 0 Å². The molecule has 1 aliphatic rings. The highest BCUT2D eigenvalue weighted by atomic mass is 16.5. The van der Waals surface area contributed by atoms with Crippen molar-refractivity contribution in [1.29, 1.82) is 0 Å². The number of rotatable bonds is 7. The van der Waals surface area contributed by atoms with Crippen LogP contribution in [0.1, 0.15) is 37.8 Å². The first-order valence-corrected chi connectivity index (χ1v) is 6.73. The molecule has 1 aliphatic carbocycles. The van der Waals surface area contributed by atoms with Gasteiger partial charge in [-0.05, 0) is 37.8 Å². The van der Waals surface area contributed by atoms with Gasteiger partial charge in [0.1, 0.15) is 0 Å². The number of anilines is 1. The van der Waals surface area contributed by atoms with Gasteiger partial charge in [-0.3, -0.25) is 4.98 Å². The van der Waals surface area contributed by atoms with Crippen LogP contribution in [-0.4, -0.2) is 24.7 Å². The van der Waals surface area contributed by atoms with Gasteiger partial charge in [0.2, 0.25) is 0 Å². The van der Waals surface area contributed by atoms with Crippen LogP contribution in [0.2, 0.25) is 0 Å². The van der Waals surface area contributed by atoms with E-state index in [1.165, 1.54) is 12.8 Å². The van der Waals surface area contributed by atoms with E-state index < -0.39 is 0 Å². The van der Waals surface area contributed by atoms with Gasteiger partial charge in [0.25, 0.3) is 0 Å². The lowest BCUT2D eigenvalue weighted by molar-refractivity contribution is 0.0508. The first kappa shape index (κ1) is 13.3. The number of methoxy groups -OCH3 is 1. The molecular formula is C14H23N3O. The van der Waals surface area contributed by atoms with E-state index in [9.17, 15) is 0 Å². The lowest BCUT2D eigenvalue weighted by Gasteiger charge is -2.28. The molecular weight excluding hydrogens is 226 g/mol. The Balaban J connectivity index is 2.20. The topological polar surface area (TPSA) is 60.2 Å². The Morgan fingerprint density at radius 3 is 2.89 bits per heavy atom. The monoisotopic (exact) mass is 249 g/mol. The average Bonchev–Trinajstić information content (AvgIpc) is 3.20. The fourth-order valence-corrected chi connectivity index (χ4v) is 2.41. The van der Waals surface area contributed by atoms with Crippen molar-refractivity contribution in [3.05, 3.63) is 24.0 Å². The molecule has 0 amide bonds. The number of nitrogens with zero attached hydrogens (tertiary/aromatic N) is 1. The maximum Gasteiger partial charge on any atom is 0.0795 e. The number of ether oxygens (including phenoxy) is 1. The van der Waals surface area contributed by atoms with Crippen LogP contribution in [0.25, 0.3) is 0 Å². The Labute approximate surface area is 109 Å². The molecule has 0 aromatic carbocycles. The van der Waals surface area contributed by atoms with E-state index in [0.717, 1.165) is 24.2 Å². The van der Waals surface area contributed by atoms with E-state index in [1.807, 2.05) is 12.3 Å². The van der Waals surface area contributed by atoms with Gasteiger partial charge in [-0.1, -0.05) is 6.92 Å². The Morgan fingerprint density at radius 2 is 2.33 bits per heavy atom. The number of hydrogen-bond donors (Lipinski definition) is 2. The van der Waals surface area contributed by atoms with E-state index in [-0.39, 0.29) is 12.1 Å². The third-order valence-electron chi connectivity index (χ3n) is 3.52. The van der Waals surface area contributed by atoms with Gasteiger partial charge in [0, 0.05) is 30.8 Å². The maximum atomic E-state index is 6.07. The minimum atomic E-state index is 0.149. The number of pyridine rings is 1. The fourth-order valence-electron chi connectivity index (χ4n) is 2.41. The summed E-state index contributed by atoms with van der Waals surface area (Å²) in [5.41, 5.74) is 7.92. The van der Waals surface area contributed by atoms with Crippen LogP contribution in [0.3, 0.4) is 0 Å². The minimum absolute atomic E-state index is 0.149. The first-order chi connectivity index (χ1) is 8.77. The molecule has 0 radical (unpaired) electrons. The standard InChI is InChI=1S/C14H23N3O/c1-3-7-17-13(14(18-2)10-4-5-10)11-9-16-8-6-12(11)15/h6,8-10,13-14,17H,3-5,7H2,1-2H3,(H2,15,16). The van der Waals surface area contributed by atoms with Crippen LogP contribution in [-0.2, 0) is 4.74 Å². The van der Waals surface area contributed by atoms with Crippen molar-refractivity contribution >= 4 is 5.69 Å². The zero-order valence-electron chi connectivity index (χ0n) is 11.2. The lowest BCUT2D eigenvalue weighted by Crippen LogP contribution is -2.35. The second-order valence-corrected chi connectivity index (χ2v) is 4.97. The highest BCUT2D eigenvalue weighted by Gasteiger charge is 2.37. The molecule has 1 aromatic rings. The van der Waals surface area contributed by atoms with E-state index in [1.54, 1.807) is 13.3 Å². The zero-order valence-corrected chi connectivity index (χ0v) is 11.2. The van der Waals surface area contributed by atoms with Crippen molar-refractivity contribution in [2.75, 3.05) is 19.4 Å². The van der Waals surface area contributed by atoms with Crippen LogP contribution >= 0.6 is 0 Å². The van der Waals surface area contributed by atoms with Crippen molar-refractivity contribution in [1.82, 2.24) is 10.3 Å². The van der Waals surface area contributed by atoms with Crippen LogP contribution < -0.4 is 11.1 Å². The summed E-state index contributed by atoms with van der Waals surface area (Å²) in [4.78, 5) is 4.20. The summed E-state index contributed by atoms with van der Waals surface area (Å²) < 4.78 is 5.70. The third-order valence-corrected chi connectivity index (χ3v) is 3.52. The SMILES string of the molecule is CCCNC(c1cnccc1N)C(OC)C1CC1. The minimum Gasteiger partial charge on any atom is -0.398 e. The Kier molecular flexibility index (Phi) is 4.55. The summed E-state index contributed by atoms with van der Waals surface area (Å²) in [6, 6.07) is 2.01. The van der Waals surface area contributed by atoms with Gasteiger partial charge in [-0.25, -0.2) is 0 Å². The second kappa shape index (κ2) is 6.16. The van der Waals surface area contributed by atoms with Gasteiger partial charge in [0.05, 0.1) is 12.1 Å². The molecule has 4 nitrogen and oxygen atoms in total. The molecule has 2 rings (SSSR count). The number of nitrogens with two attached hydrogens (primary N) is 1. The van der Waals surface area contributed by atoms with Gasteiger partial charge >= 0.3 is 0 Å². The maximum absolute atomic E-state index is 6.07. The van der Waals surface area contributed by atoms with Crippen LogP contribution in [0.15, 0.2) is 18.5 Å². The van der Waals surface area contributed by atoms with Crippen molar-refractivity contribution in [3.63, 3.8) is 0 Å².